The SMILES string of the molecule is COc1cc(C(=O)N2CC3CNCC3C2C)ccc1C. The summed E-state index contributed by atoms with van der Waals surface area (Å²) in [5.74, 6) is 2.13. The third-order valence-corrected chi connectivity index (χ3v) is 4.85. The van der Waals surface area contributed by atoms with Gasteiger partial charge in [0.05, 0.1) is 7.11 Å². The van der Waals surface area contributed by atoms with Crippen LogP contribution in [0.4, 0.5) is 0 Å². The molecule has 2 aliphatic heterocycles. The van der Waals surface area contributed by atoms with Gasteiger partial charge in [-0.25, -0.2) is 0 Å². The van der Waals surface area contributed by atoms with E-state index in [1.165, 1.54) is 0 Å². The zero-order valence-corrected chi connectivity index (χ0v) is 12.3. The predicted octanol–water partition coefficient (Wildman–Crippen LogP) is 1.68. The monoisotopic (exact) mass is 274 g/mol. The Labute approximate surface area is 120 Å². The Kier molecular flexibility index (Phi) is 3.42. The number of carbonyl (C=O) groups is 1. The molecule has 2 fully saturated rings. The lowest BCUT2D eigenvalue weighted by atomic mass is 9.95. The van der Waals surface area contributed by atoms with Crippen molar-refractivity contribution in [1.82, 2.24) is 10.2 Å². The van der Waals surface area contributed by atoms with Crippen LogP contribution >= 0.6 is 0 Å². The van der Waals surface area contributed by atoms with Gasteiger partial charge in [0.1, 0.15) is 5.75 Å². The van der Waals surface area contributed by atoms with Crippen LogP contribution in [0.15, 0.2) is 18.2 Å². The Morgan fingerprint density at radius 2 is 2.20 bits per heavy atom. The Morgan fingerprint density at radius 3 is 2.90 bits per heavy atom. The molecule has 108 valence electrons. The van der Waals surface area contributed by atoms with Crippen LogP contribution in [0.5, 0.6) is 5.75 Å². The second-order valence-electron chi connectivity index (χ2n) is 5.96. The Morgan fingerprint density at radius 1 is 1.40 bits per heavy atom. The van der Waals surface area contributed by atoms with E-state index in [2.05, 4.69) is 12.2 Å². The number of rotatable bonds is 2. The van der Waals surface area contributed by atoms with Gasteiger partial charge in [-0.15, -0.1) is 0 Å². The number of ether oxygens (including phenoxy) is 1. The molecule has 0 saturated carbocycles. The van der Waals surface area contributed by atoms with Gasteiger partial charge in [0.15, 0.2) is 0 Å². The molecule has 0 aliphatic carbocycles. The van der Waals surface area contributed by atoms with Crippen LogP contribution in [0.1, 0.15) is 22.8 Å². The molecule has 0 aromatic heterocycles. The molecule has 1 N–H and O–H groups in total. The fourth-order valence-electron chi connectivity index (χ4n) is 3.55. The summed E-state index contributed by atoms with van der Waals surface area (Å²) in [5.41, 5.74) is 1.78. The highest BCUT2D eigenvalue weighted by molar-refractivity contribution is 5.95. The number of methoxy groups -OCH3 is 1. The van der Waals surface area contributed by atoms with Crippen molar-refractivity contribution in [3.8, 4) is 5.75 Å². The van der Waals surface area contributed by atoms with Gasteiger partial charge in [-0.2, -0.15) is 0 Å². The zero-order chi connectivity index (χ0) is 14.3. The van der Waals surface area contributed by atoms with E-state index in [9.17, 15) is 4.79 Å². The van der Waals surface area contributed by atoms with Crippen LogP contribution in [0.3, 0.4) is 0 Å². The topological polar surface area (TPSA) is 41.6 Å². The molecule has 2 aliphatic rings. The summed E-state index contributed by atoms with van der Waals surface area (Å²) in [6.07, 6.45) is 0. The van der Waals surface area contributed by atoms with E-state index in [0.717, 1.165) is 36.5 Å². The minimum atomic E-state index is 0.130. The number of hydrogen-bond donors (Lipinski definition) is 1. The smallest absolute Gasteiger partial charge is 0.254 e. The maximum Gasteiger partial charge on any atom is 0.254 e. The molecule has 4 heteroatoms. The van der Waals surface area contributed by atoms with Crippen LogP contribution in [0.25, 0.3) is 0 Å². The minimum absolute atomic E-state index is 0.130. The van der Waals surface area contributed by atoms with Gasteiger partial charge in [-0.05, 0) is 43.4 Å². The van der Waals surface area contributed by atoms with Crippen molar-refractivity contribution in [1.29, 1.82) is 0 Å². The van der Waals surface area contributed by atoms with E-state index in [0.29, 0.717) is 17.9 Å². The Balaban J connectivity index is 1.82. The molecule has 3 rings (SSSR count). The van der Waals surface area contributed by atoms with Gasteiger partial charge in [-0.3, -0.25) is 4.79 Å². The highest BCUT2D eigenvalue weighted by Crippen LogP contribution is 2.33. The first kappa shape index (κ1) is 13.4. The van der Waals surface area contributed by atoms with Crippen molar-refractivity contribution < 1.29 is 9.53 Å². The number of likely N-dealkylation sites (tertiary alicyclic amines) is 1. The van der Waals surface area contributed by atoms with Crippen LogP contribution in [0, 0.1) is 18.8 Å². The van der Waals surface area contributed by atoms with Gasteiger partial charge in [0.2, 0.25) is 0 Å². The average Bonchev–Trinajstić information content (AvgIpc) is 3.02. The molecule has 3 unspecified atom stereocenters. The number of nitrogens with one attached hydrogen (secondary N) is 1. The van der Waals surface area contributed by atoms with E-state index in [1.54, 1.807) is 7.11 Å². The lowest BCUT2D eigenvalue weighted by molar-refractivity contribution is 0.0728. The summed E-state index contributed by atoms with van der Waals surface area (Å²) in [5, 5.41) is 3.42. The number of fused-ring (bicyclic) bond motifs is 1. The number of aryl methyl sites for hydroxylation is 1. The molecular formula is C16H22N2O2. The first-order valence-corrected chi connectivity index (χ1v) is 7.28. The normalized spacial score (nSPS) is 28.6. The molecule has 0 spiro atoms. The van der Waals surface area contributed by atoms with Crippen molar-refractivity contribution in [2.45, 2.75) is 19.9 Å². The minimum Gasteiger partial charge on any atom is -0.496 e. The first-order chi connectivity index (χ1) is 9.61. The van der Waals surface area contributed by atoms with Gasteiger partial charge in [0, 0.05) is 31.2 Å². The van der Waals surface area contributed by atoms with E-state index < -0.39 is 0 Å². The van der Waals surface area contributed by atoms with Gasteiger partial charge in [-0.1, -0.05) is 6.07 Å². The number of carbonyl (C=O) groups excluding carboxylic acids is 1. The fourth-order valence-corrected chi connectivity index (χ4v) is 3.55. The van der Waals surface area contributed by atoms with E-state index in [-0.39, 0.29) is 5.91 Å². The first-order valence-electron chi connectivity index (χ1n) is 7.28. The predicted molar refractivity (Wildman–Crippen MR) is 78.1 cm³/mol. The summed E-state index contributed by atoms with van der Waals surface area (Å²) in [4.78, 5) is 14.7. The summed E-state index contributed by atoms with van der Waals surface area (Å²) < 4.78 is 5.32. The second kappa shape index (κ2) is 5.09. The Bertz CT molecular complexity index is 529. The van der Waals surface area contributed by atoms with Crippen LogP contribution in [-0.2, 0) is 0 Å². The quantitative estimate of drug-likeness (QED) is 0.892. The summed E-state index contributed by atoms with van der Waals surface area (Å²) in [7, 11) is 1.64. The molecule has 4 nitrogen and oxygen atoms in total. The van der Waals surface area contributed by atoms with Crippen molar-refractivity contribution in [2.75, 3.05) is 26.7 Å². The van der Waals surface area contributed by atoms with Crippen LogP contribution < -0.4 is 10.1 Å². The largest absolute Gasteiger partial charge is 0.496 e. The maximum atomic E-state index is 12.7. The summed E-state index contributed by atoms with van der Waals surface area (Å²) in [6, 6.07) is 6.03. The molecule has 2 heterocycles. The molecule has 2 saturated heterocycles. The van der Waals surface area contributed by atoms with Crippen molar-refractivity contribution in [3.05, 3.63) is 29.3 Å². The lowest BCUT2D eigenvalue weighted by Crippen LogP contribution is -2.38. The van der Waals surface area contributed by atoms with Crippen molar-refractivity contribution >= 4 is 5.91 Å². The molecule has 3 atom stereocenters. The summed E-state index contributed by atoms with van der Waals surface area (Å²) >= 11 is 0. The van der Waals surface area contributed by atoms with Gasteiger partial charge < -0.3 is 15.0 Å². The molecule has 1 amide bonds. The number of amides is 1. The molecule has 0 bridgehead atoms. The average molecular weight is 274 g/mol. The highest BCUT2D eigenvalue weighted by atomic mass is 16.5. The van der Waals surface area contributed by atoms with Gasteiger partial charge in [0.25, 0.3) is 5.91 Å². The number of hydrogen-bond acceptors (Lipinski definition) is 3. The number of benzene rings is 1. The second-order valence-corrected chi connectivity index (χ2v) is 5.96. The van der Waals surface area contributed by atoms with E-state index in [1.807, 2.05) is 30.0 Å². The van der Waals surface area contributed by atoms with Crippen LogP contribution in [-0.4, -0.2) is 43.6 Å². The lowest BCUT2D eigenvalue weighted by Gasteiger charge is -2.25. The maximum absolute atomic E-state index is 12.7. The third kappa shape index (κ3) is 2.08. The fraction of sp³-hybridized carbons (Fsp3) is 0.562. The molecule has 1 aromatic carbocycles. The number of nitrogens with zero attached hydrogens (tertiary/aromatic N) is 1. The van der Waals surface area contributed by atoms with E-state index in [4.69, 9.17) is 4.74 Å². The molecular weight excluding hydrogens is 252 g/mol. The molecule has 0 radical (unpaired) electrons. The molecule has 1 aromatic rings. The van der Waals surface area contributed by atoms with Crippen LogP contribution in [0.2, 0.25) is 0 Å². The third-order valence-electron chi connectivity index (χ3n) is 4.85. The van der Waals surface area contributed by atoms with Gasteiger partial charge >= 0.3 is 0 Å². The Hall–Kier alpha value is -1.55. The van der Waals surface area contributed by atoms with Crippen molar-refractivity contribution in [2.24, 2.45) is 11.8 Å². The molecule has 20 heavy (non-hydrogen) atoms. The van der Waals surface area contributed by atoms with Crippen molar-refractivity contribution in [3.63, 3.8) is 0 Å². The van der Waals surface area contributed by atoms with E-state index >= 15 is 0 Å². The zero-order valence-electron chi connectivity index (χ0n) is 12.3. The standard InChI is InChI=1S/C16H22N2O2/c1-10-4-5-12(6-15(10)20-3)16(19)18-9-13-7-17-8-14(13)11(18)2/h4-6,11,13-14,17H,7-9H2,1-3H3. The highest BCUT2D eigenvalue weighted by Gasteiger charge is 2.43. The summed E-state index contributed by atoms with van der Waals surface area (Å²) in [6.45, 7) is 7.10.